The van der Waals surface area contributed by atoms with Crippen molar-refractivity contribution < 1.29 is 4.48 Å². The van der Waals surface area contributed by atoms with Crippen LogP contribution < -0.4 is 0 Å². The normalized spacial score (nSPS) is 49.4. The Morgan fingerprint density at radius 2 is 2.18 bits per heavy atom. The van der Waals surface area contributed by atoms with E-state index in [1.165, 1.54) is 30.4 Å². The Morgan fingerprint density at radius 3 is 2.45 bits per heavy atom. The molecule has 1 aliphatic heterocycles. The van der Waals surface area contributed by atoms with Gasteiger partial charge in [-0.1, -0.05) is 6.92 Å². The van der Waals surface area contributed by atoms with E-state index in [1.807, 2.05) is 0 Å². The molecule has 4 atom stereocenters. The largest absolute Gasteiger partial charge is 0.318 e. The molecule has 1 saturated heterocycles. The van der Waals surface area contributed by atoms with Gasteiger partial charge in [-0.2, -0.15) is 0 Å². The summed E-state index contributed by atoms with van der Waals surface area (Å²) in [6.07, 6.45) is 2.90. The quantitative estimate of drug-likeness (QED) is 0.546. The fraction of sp³-hybridized carbons (Fsp3) is 1.00. The summed E-state index contributed by atoms with van der Waals surface area (Å²) in [5.41, 5.74) is 0. The van der Waals surface area contributed by atoms with Crippen LogP contribution in [0, 0.1) is 5.92 Å². The van der Waals surface area contributed by atoms with Crippen molar-refractivity contribution in [3.8, 4) is 0 Å². The van der Waals surface area contributed by atoms with Crippen molar-refractivity contribution in [1.29, 1.82) is 0 Å². The molecule has 1 saturated carbocycles. The minimum atomic E-state index is 0.920. The first-order chi connectivity index (χ1) is 5.24. The van der Waals surface area contributed by atoms with Gasteiger partial charge in [-0.3, -0.25) is 0 Å². The van der Waals surface area contributed by atoms with Crippen LogP contribution in [0.1, 0.15) is 33.6 Å². The van der Waals surface area contributed by atoms with Gasteiger partial charge in [0.1, 0.15) is 0 Å². The Bertz CT molecular complexity index is 166. The number of fused-ring (bicyclic) bond motifs is 1. The van der Waals surface area contributed by atoms with Crippen LogP contribution >= 0.6 is 0 Å². The van der Waals surface area contributed by atoms with E-state index in [4.69, 9.17) is 0 Å². The third-order valence-electron chi connectivity index (χ3n) is 4.18. The number of likely N-dealkylation sites (tertiary alicyclic amines) is 1. The van der Waals surface area contributed by atoms with Crippen molar-refractivity contribution in [3.63, 3.8) is 0 Å². The number of nitrogens with zero attached hydrogens (tertiary/aromatic N) is 1. The summed E-state index contributed by atoms with van der Waals surface area (Å²) >= 11 is 0. The van der Waals surface area contributed by atoms with Gasteiger partial charge in [0.05, 0.1) is 31.1 Å². The average Bonchev–Trinajstić information content (AvgIpc) is 2.65. The van der Waals surface area contributed by atoms with E-state index in [-0.39, 0.29) is 0 Å². The van der Waals surface area contributed by atoms with Gasteiger partial charge in [-0.05, 0) is 20.3 Å². The van der Waals surface area contributed by atoms with Crippen LogP contribution in [0.2, 0.25) is 0 Å². The van der Waals surface area contributed by atoms with E-state index in [9.17, 15) is 0 Å². The monoisotopic (exact) mass is 154 g/mol. The number of hydrogen-bond acceptors (Lipinski definition) is 0. The molecule has 1 aliphatic carbocycles. The molecular weight excluding hydrogens is 134 g/mol. The third kappa shape index (κ3) is 0.807. The Labute approximate surface area is 70.0 Å². The lowest BCUT2D eigenvalue weighted by Gasteiger charge is -2.49. The lowest BCUT2D eigenvalue weighted by Crippen LogP contribution is -2.63. The molecule has 0 spiro atoms. The molecule has 2 rings (SSSR count). The molecule has 0 radical (unpaired) electrons. The number of hydrogen-bond donors (Lipinski definition) is 0. The standard InChI is InChI=1S/C10H20N/c1-4-8(3)11(5-2)7-9-6-10(9)11/h8-10H,4-7H2,1-3H3/q+1. The van der Waals surface area contributed by atoms with Gasteiger partial charge in [-0.25, -0.2) is 0 Å². The van der Waals surface area contributed by atoms with Crippen LogP contribution in [0.15, 0.2) is 0 Å². The van der Waals surface area contributed by atoms with Gasteiger partial charge in [0, 0.05) is 6.42 Å². The van der Waals surface area contributed by atoms with Gasteiger partial charge in [0.15, 0.2) is 0 Å². The lowest BCUT2D eigenvalue weighted by molar-refractivity contribution is -0.989. The summed E-state index contributed by atoms with van der Waals surface area (Å²) in [5, 5.41) is 0. The lowest BCUT2D eigenvalue weighted by atomic mass is 10.0. The molecule has 1 heterocycles. The molecule has 0 aromatic rings. The van der Waals surface area contributed by atoms with Gasteiger partial charge >= 0.3 is 0 Å². The maximum atomic E-state index is 2.43. The highest BCUT2D eigenvalue weighted by Crippen LogP contribution is 2.54. The molecule has 0 N–H and O–H groups in total. The second-order valence-electron chi connectivity index (χ2n) is 4.42. The molecule has 1 heteroatoms. The highest BCUT2D eigenvalue weighted by Gasteiger charge is 2.66. The average molecular weight is 154 g/mol. The molecule has 4 unspecified atom stereocenters. The third-order valence-corrected chi connectivity index (χ3v) is 4.18. The molecule has 11 heavy (non-hydrogen) atoms. The Kier molecular flexibility index (Phi) is 1.54. The van der Waals surface area contributed by atoms with Gasteiger partial charge in [0.25, 0.3) is 0 Å². The fourth-order valence-corrected chi connectivity index (χ4v) is 3.04. The number of quaternary nitrogens is 1. The summed E-state index contributed by atoms with van der Waals surface area (Å²) in [4.78, 5) is 0. The smallest absolute Gasteiger partial charge is 0.0984 e. The van der Waals surface area contributed by atoms with Gasteiger partial charge < -0.3 is 4.48 Å². The SMILES string of the molecule is CCC(C)[N+]1(CC)CC2CC21. The molecule has 1 nitrogen and oxygen atoms in total. The van der Waals surface area contributed by atoms with Crippen LogP contribution in [-0.2, 0) is 0 Å². The summed E-state index contributed by atoms with van der Waals surface area (Å²) in [5.74, 6) is 1.14. The molecule has 64 valence electrons. The van der Waals surface area contributed by atoms with E-state index in [1.54, 1.807) is 0 Å². The van der Waals surface area contributed by atoms with Crippen LogP contribution in [0.25, 0.3) is 0 Å². The van der Waals surface area contributed by atoms with Gasteiger partial charge in [0.2, 0.25) is 0 Å². The zero-order valence-electron chi connectivity index (χ0n) is 8.01. The van der Waals surface area contributed by atoms with Crippen molar-refractivity contribution in [1.82, 2.24) is 0 Å². The highest BCUT2D eigenvalue weighted by molar-refractivity contribution is 4.98. The second-order valence-corrected chi connectivity index (χ2v) is 4.42. The Hall–Kier alpha value is -0.0400. The predicted octanol–water partition coefficient (Wildman–Crippen LogP) is 2.02. The van der Waals surface area contributed by atoms with Crippen LogP contribution in [0.4, 0.5) is 0 Å². The first-order valence-electron chi connectivity index (χ1n) is 5.11. The Balaban J connectivity index is 2.05. The molecule has 0 aromatic carbocycles. The van der Waals surface area contributed by atoms with E-state index < -0.39 is 0 Å². The molecule has 2 fully saturated rings. The minimum Gasteiger partial charge on any atom is -0.318 e. The molecule has 0 bridgehead atoms. The summed E-state index contributed by atoms with van der Waals surface area (Å²) in [6.45, 7) is 9.99. The summed E-state index contributed by atoms with van der Waals surface area (Å²) in [6, 6.07) is 2.01. The number of rotatable bonds is 3. The van der Waals surface area contributed by atoms with Crippen molar-refractivity contribution >= 4 is 0 Å². The van der Waals surface area contributed by atoms with Crippen molar-refractivity contribution in [2.24, 2.45) is 5.92 Å². The van der Waals surface area contributed by atoms with E-state index in [0.717, 1.165) is 18.0 Å². The fourth-order valence-electron chi connectivity index (χ4n) is 3.04. The van der Waals surface area contributed by atoms with E-state index in [0.29, 0.717) is 0 Å². The van der Waals surface area contributed by atoms with Crippen molar-refractivity contribution in [2.75, 3.05) is 13.1 Å². The Morgan fingerprint density at radius 1 is 1.45 bits per heavy atom. The van der Waals surface area contributed by atoms with Gasteiger partial charge in [-0.15, -0.1) is 0 Å². The molecule has 2 aliphatic rings. The first-order valence-corrected chi connectivity index (χ1v) is 5.11. The molecule has 0 aromatic heterocycles. The minimum absolute atomic E-state index is 0.920. The van der Waals surface area contributed by atoms with Crippen molar-refractivity contribution in [2.45, 2.75) is 45.7 Å². The second kappa shape index (κ2) is 2.22. The van der Waals surface area contributed by atoms with Crippen molar-refractivity contribution in [3.05, 3.63) is 0 Å². The summed E-state index contributed by atoms with van der Waals surface area (Å²) < 4.78 is 1.46. The topological polar surface area (TPSA) is 0 Å². The zero-order chi connectivity index (χ0) is 8.06. The maximum absolute atomic E-state index is 2.43. The predicted molar refractivity (Wildman–Crippen MR) is 47.3 cm³/mol. The highest BCUT2D eigenvalue weighted by atomic mass is 15.5. The van der Waals surface area contributed by atoms with Crippen LogP contribution in [0.5, 0.6) is 0 Å². The summed E-state index contributed by atoms with van der Waals surface area (Å²) in [7, 11) is 0. The van der Waals surface area contributed by atoms with E-state index >= 15 is 0 Å². The first kappa shape index (κ1) is 7.60. The molecule has 0 amide bonds. The zero-order valence-corrected chi connectivity index (χ0v) is 8.01. The maximum Gasteiger partial charge on any atom is 0.0984 e. The van der Waals surface area contributed by atoms with E-state index in [2.05, 4.69) is 20.8 Å². The van der Waals surface area contributed by atoms with Crippen LogP contribution in [-0.4, -0.2) is 29.7 Å². The van der Waals surface area contributed by atoms with Crippen LogP contribution in [0.3, 0.4) is 0 Å². The molecular formula is C10H20N+.